The summed E-state index contributed by atoms with van der Waals surface area (Å²) in [5.41, 5.74) is 0. The van der Waals surface area contributed by atoms with Gasteiger partial charge in [0, 0.05) is 26.3 Å². The summed E-state index contributed by atoms with van der Waals surface area (Å²) in [6, 6.07) is -0.330. The van der Waals surface area contributed by atoms with Crippen molar-refractivity contribution in [1.82, 2.24) is 10.6 Å². The van der Waals surface area contributed by atoms with Crippen LogP contribution in [0.4, 0.5) is 4.79 Å². The van der Waals surface area contributed by atoms with Crippen LogP contribution in [0.2, 0.25) is 0 Å². The van der Waals surface area contributed by atoms with Gasteiger partial charge in [0.2, 0.25) is 0 Å². The average Bonchev–Trinajstić information content (AvgIpc) is 2.33. The molecule has 3 N–H and O–H groups in total. The molecular formula is C13H26N2O4. The van der Waals surface area contributed by atoms with E-state index in [1.165, 1.54) is 0 Å². The van der Waals surface area contributed by atoms with Crippen LogP contribution in [0.5, 0.6) is 0 Å². The smallest absolute Gasteiger partial charge is 0.314 e. The molecule has 0 bridgehead atoms. The van der Waals surface area contributed by atoms with Gasteiger partial charge in [-0.25, -0.2) is 4.79 Å². The summed E-state index contributed by atoms with van der Waals surface area (Å²) in [5.74, 6) is -0.900. The first-order valence-corrected chi connectivity index (χ1v) is 6.79. The molecule has 19 heavy (non-hydrogen) atoms. The minimum atomic E-state index is -0.884. The lowest BCUT2D eigenvalue weighted by Crippen LogP contribution is -2.40. The zero-order chi connectivity index (χ0) is 14.7. The minimum absolute atomic E-state index is 0.154. The van der Waals surface area contributed by atoms with Crippen molar-refractivity contribution in [3.63, 3.8) is 0 Å². The van der Waals surface area contributed by atoms with Crippen LogP contribution in [-0.2, 0) is 9.53 Å². The Hall–Kier alpha value is -1.30. The quantitative estimate of drug-likeness (QED) is 0.526. The zero-order valence-corrected chi connectivity index (χ0v) is 12.1. The van der Waals surface area contributed by atoms with E-state index in [1.807, 2.05) is 0 Å². The molecule has 0 aliphatic heterocycles. The summed E-state index contributed by atoms with van der Waals surface area (Å²) in [5, 5.41) is 14.0. The molecule has 0 saturated heterocycles. The highest BCUT2D eigenvalue weighted by Crippen LogP contribution is 1.99. The maximum atomic E-state index is 11.4. The van der Waals surface area contributed by atoms with E-state index in [9.17, 15) is 9.59 Å². The topological polar surface area (TPSA) is 87.7 Å². The van der Waals surface area contributed by atoms with Crippen LogP contribution in [-0.4, -0.2) is 43.4 Å². The number of urea groups is 1. The highest BCUT2D eigenvalue weighted by molar-refractivity contribution is 5.75. The lowest BCUT2D eigenvalue weighted by atomic mass is 10.1. The Morgan fingerprint density at radius 3 is 2.47 bits per heavy atom. The number of carboxylic acids is 1. The van der Waals surface area contributed by atoms with Crippen molar-refractivity contribution in [2.24, 2.45) is 11.8 Å². The van der Waals surface area contributed by atoms with Gasteiger partial charge >= 0.3 is 12.0 Å². The van der Waals surface area contributed by atoms with Crippen molar-refractivity contribution >= 4 is 12.0 Å². The molecule has 0 rings (SSSR count). The summed E-state index contributed by atoms with van der Waals surface area (Å²) in [6.45, 7) is 7.96. The Morgan fingerprint density at radius 1 is 1.26 bits per heavy atom. The van der Waals surface area contributed by atoms with Crippen LogP contribution in [0.15, 0.2) is 0 Å². The molecular weight excluding hydrogens is 248 g/mol. The first kappa shape index (κ1) is 17.7. The maximum absolute atomic E-state index is 11.4. The molecule has 0 saturated carbocycles. The minimum Gasteiger partial charge on any atom is -0.481 e. The summed E-state index contributed by atoms with van der Waals surface area (Å²) >= 11 is 0. The Labute approximate surface area is 114 Å². The maximum Gasteiger partial charge on any atom is 0.314 e. The van der Waals surface area contributed by atoms with Gasteiger partial charge in [0.15, 0.2) is 0 Å². The van der Waals surface area contributed by atoms with Crippen LogP contribution in [0, 0.1) is 11.8 Å². The van der Waals surface area contributed by atoms with Crippen LogP contribution in [0.3, 0.4) is 0 Å². The van der Waals surface area contributed by atoms with E-state index in [4.69, 9.17) is 9.84 Å². The van der Waals surface area contributed by atoms with E-state index in [2.05, 4.69) is 24.5 Å². The molecule has 0 aromatic carbocycles. The number of aliphatic carboxylic acids is 1. The molecule has 0 heterocycles. The normalized spacial score (nSPS) is 12.2. The van der Waals surface area contributed by atoms with Gasteiger partial charge in [-0.15, -0.1) is 0 Å². The molecule has 0 aliphatic carbocycles. The third kappa shape index (κ3) is 10.3. The summed E-state index contributed by atoms with van der Waals surface area (Å²) in [4.78, 5) is 22.1. The second-order valence-electron chi connectivity index (χ2n) is 4.90. The number of carbonyl (C=O) groups excluding carboxylic acids is 1. The molecule has 6 nitrogen and oxygen atoms in total. The van der Waals surface area contributed by atoms with Crippen molar-refractivity contribution in [3.8, 4) is 0 Å². The second-order valence-corrected chi connectivity index (χ2v) is 4.90. The van der Waals surface area contributed by atoms with E-state index in [-0.39, 0.29) is 12.6 Å². The van der Waals surface area contributed by atoms with Gasteiger partial charge in [-0.3, -0.25) is 4.79 Å². The highest BCUT2D eigenvalue weighted by Gasteiger charge is 2.15. The molecule has 2 amide bonds. The molecule has 112 valence electrons. The largest absolute Gasteiger partial charge is 0.481 e. The predicted molar refractivity (Wildman–Crippen MR) is 73.1 cm³/mol. The van der Waals surface area contributed by atoms with E-state index < -0.39 is 11.9 Å². The fourth-order valence-electron chi connectivity index (χ4n) is 1.38. The second kappa shape index (κ2) is 10.6. The predicted octanol–water partition coefficient (Wildman–Crippen LogP) is 1.46. The van der Waals surface area contributed by atoms with Gasteiger partial charge in [0.1, 0.15) is 0 Å². The molecule has 0 aromatic rings. The van der Waals surface area contributed by atoms with E-state index >= 15 is 0 Å². The number of nitrogens with one attached hydrogen (secondary N) is 2. The van der Waals surface area contributed by atoms with Gasteiger partial charge < -0.3 is 20.5 Å². The Kier molecular flexibility index (Phi) is 9.88. The fourth-order valence-corrected chi connectivity index (χ4v) is 1.38. The number of carboxylic acid groups (broad SMARTS) is 1. The van der Waals surface area contributed by atoms with Crippen LogP contribution in [0.25, 0.3) is 0 Å². The number of ether oxygens (including phenoxy) is 1. The highest BCUT2D eigenvalue weighted by atomic mass is 16.5. The summed E-state index contributed by atoms with van der Waals surface area (Å²) < 4.78 is 5.37. The molecule has 1 atom stereocenters. The molecule has 0 aliphatic rings. The first-order valence-electron chi connectivity index (χ1n) is 6.79. The molecule has 0 spiro atoms. The SMILES string of the molecule is CCC(CNC(=O)NCCCOCC(C)C)C(=O)O. The number of rotatable bonds is 10. The molecule has 0 fully saturated rings. The van der Waals surface area contributed by atoms with Crippen molar-refractivity contribution in [3.05, 3.63) is 0 Å². The van der Waals surface area contributed by atoms with Crippen molar-refractivity contribution in [2.75, 3.05) is 26.3 Å². The third-order valence-electron chi connectivity index (χ3n) is 2.55. The first-order chi connectivity index (χ1) is 8.97. The molecule has 6 heteroatoms. The fraction of sp³-hybridized carbons (Fsp3) is 0.846. The van der Waals surface area contributed by atoms with Gasteiger partial charge in [-0.05, 0) is 18.8 Å². The molecule has 0 radical (unpaired) electrons. The zero-order valence-electron chi connectivity index (χ0n) is 12.1. The summed E-state index contributed by atoms with van der Waals surface area (Å²) in [6.07, 6.45) is 1.24. The van der Waals surface area contributed by atoms with Gasteiger partial charge in [0.25, 0.3) is 0 Å². The lowest BCUT2D eigenvalue weighted by Gasteiger charge is -2.12. The molecule has 1 unspecified atom stereocenters. The van der Waals surface area contributed by atoms with Crippen molar-refractivity contribution in [2.45, 2.75) is 33.6 Å². The van der Waals surface area contributed by atoms with Gasteiger partial charge in [-0.2, -0.15) is 0 Å². The monoisotopic (exact) mass is 274 g/mol. The average molecular weight is 274 g/mol. The number of amides is 2. The van der Waals surface area contributed by atoms with Gasteiger partial charge in [0.05, 0.1) is 5.92 Å². The standard InChI is InChI=1S/C13H26N2O4/c1-4-11(12(16)17)8-15-13(18)14-6-5-7-19-9-10(2)3/h10-11H,4-9H2,1-3H3,(H,16,17)(H2,14,15,18). The van der Waals surface area contributed by atoms with Crippen LogP contribution >= 0.6 is 0 Å². The van der Waals surface area contributed by atoms with Crippen molar-refractivity contribution in [1.29, 1.82) is 0 Å². The molecule has 0 aromatic heterocycles. The van der Waals surface area contributed by atoms with E-state index in [1.54, 1.807) is 6.92 Å². The Bertz CT molecular complexity index is 269. The van der Waals surface area contributed by atoms with E-state index in [0.717, 1.165) is 13.0 Å². The Balaban J connectivity index is 3.52. The number of carbonyl (C=O) groups is 2. The number of hydrogen-bond acceptors (Lipinski definition) is 3. The lowest BCUT2D eigenvalue weighted by molar-refractivity contribution is -0.141. The van der Waals surface area contributed by atoms with Crippen LogP contribution in [0.1, 0.15) is 33.6 Å². The Morgan fingerprint density at radius 2 is 1.95 bits per heavy atom. The van der Waals surface area contributed by atoms with E-state index in [0.29, 0.717) is 25.5 Å². The van der Waals surface area contributed by atoms with Crippen LogP contribution < -0.4 is 10.6 Å². The third-order valence-corrected chi connectivity index (χ3v) is 2.55. The summed E-state index contributed by atoms with van der Waals surface area (Å²) in [7, 11) is 0. The van der Waals surface area contributed by atoms with Gasteiger partial charge in [-0.1, -0.05) is 20.8 Å². The number of hydrogen-bond donors (Lipinski definition) is 3. The van der Waals surface area contributed by atoms with Crippen molar-refractivity contribution < 1.29 is 19.4 Å².